The summed E-state index contributed by atoms with van der Waals surface area (Å²) in [4.78, 5) is 0. The van der Waals surface area contributed by atoms with E-state index in [0.717, 1.165) is 21.7 Å². The van der Waals surface area contributed by atoms with E-state index in [4.69, 9.17) is 0 Å². The molecule has 0 radical (unpaired) electrons. The van der Waals surface area contributed by atoms with Gasteiger partial charge in [-0.1, -0.05) is 34.1 Å². The lowest BCUT2D eigenvalue weighted by molar-refractivity contribution is 0.768. The number of tetrazole rings is 1. The maximum Gasteiger partial charge on any atom is 0.175 e. The lowest BCUT2D eigenvalue weighted by Gasteiger charge is -2.08. The summed E-state index contributed by atoms with van der Waals surface area (Å²) in [5.74, 6) is 0.763. The van der Waals surface area contributed by atoms with Crippen molar-refractivity contribution in [3.8, 4) is 5.69 Å². The molecule has 3 rings (SSSR count). The largest absolute Gasteiger partial charge is 0.378 e. The van der Waals surface area contributed by atoms with Gasteiger partial charge in [0.25, 0.3) is 0 Å². The van der Waals surface area contributed by atoms with Gasteiger partial charge in [-0.3, -0.25) is 0 Å². The summed E-state index contributed by atoms with van der Waals surface area (Å²) in [6.45, 7) is 2.61. The first kappa shape index (κ1) is 13.8. The highest BCUT2D eigenvalue weighted by Crippen LogP contribution is 2.19. The molecule has 106 valence electrons. The van der Waals surface area contributed by atoms with Crippen molar-refractivity contribution in [3.63, 3.8) is 0 Å². The van der Waals surface area contributed by atoms with Crippen LogP contribution in [0.3, 0.4) is 0 Å². The second-order valence-electron chi connectivity index (χ2n) is 4.71. The second kappa shape index (κ2) is 6.05. The first-order chi connectivity index (χ1) is 10.2. The normalized spacial score (nSPS) is 10.6. The van der Waals surface area contributed by atoms with Gasteiger partial charge in [0.1, 0.15) is 0 Å². The molecule has 0 unspecified atom stereocenters. The van der Waals surface area contributed by atoms with E-state index < -0.39 is 0 Å². The molecule has 1 heterocycles. The molecular weight excluding hydrogens is 330 g/mol. The molecule has 0 saturated heterocycles. The Hall–Kier alpha value is -2.21. The van der Waals surface area contributed by atoms with E-state index in [1.807, 2.05) is 36.4 Å². The van der Waals surface area contributed by atoms with Gasteiger partial charge in [0.2, 0.25) is 0 Å². The predicted octanol–water partition coefficient (Wildman–Crippen LogP) is 3.35. The number of hydrogen-bond acceptors (Lipinski definition) is 4. The molecule has 0 aliphatic carbocycles. The quantitative estimate of drug-likeness (QED) is 0.789. The molecule has 21 heavy (non-hydrogen) atoms. The van der Waals surface area contributed by atoms with Crippen molar-refractivity contribution in [1.29, 1.82) is 0 Å². The SMILES string of the molecule is Cc1cc(Br)cc(NCc2nnnn2-c2ccccc2)c1. The second-order valence-corrected chi connectivity index (χ2v) is 5.63. The molecule has 0 fully saturated rings. The lowest BCUT2D eigenvalue weighted by atomic mass is 10.2. The minimum absolute atomic E-state index is 0.553. The van der Waals surface area contributed by atoms with Gasteiger partial charge in [-0.2, -0.15) is 4.68 Å². The monoisotopic (exact) mass is 343 g/mol. The van der Waals surface area contributed by atoms with Gasteiger partial charge >= 0.3 is 0 Å². The van der Waals surface area contributed by atoms with Gasteiger partial charge in [0.05, 0.1) is 12.2 Å². The van der Waals surface area contributed by atoms with Crippen LogP contribution in [-0.2, 0) is 6.54 Å². The number of rotatable bonds is 4. The number of benzene rings is 2. The summed E-state index contributed by atoms with van der Waals surface area (Å²) >= 11 is 3.50. The zero-order valence-corrected chi connectivity index (χ0v) is 13.1. The van der Waals surface area contributed by atoms with Crippen LogP contribution in [0.15, 0.2) is 53.0 Å². The summed E-state index contributed by atoms with van der Waals surface area (Å²) in [6, 6.07) is 16.0. The van der Waals surface area contributed by atoms with Crippen LogP contribution < -0.4 is 5.32 Å². The summed E-state index contributed by atoms with van der Waals surface area (Å²) in [6.07, 6.45) is 0. The predicted molar refractivity (Wildman–Crippen MR) is 85.4 cm³/mol. The molecule has 5 nitrogen and oxygen atoms in total. The van der Waals surface area contributed by atoms with Crippen LogP contribution in [0, 0.1) is 6.92 Å². The molecule has 0 bridgehead atoms. The third-order valence-corrected chi connectivity index (χ3v) is 3.49. The standard InChI is InChI=1S/C15H14BrN5/c1-11-7-12(16)9-13(8-11)17-10-15-18-19-20-21(15)14-5-3-2-4-6-14/h2-9,17H,10H2,1H3. The van der Waals surface area contributed by atoms with Crippen LogP contribution in [0.4, 0.5) is 5.69 Å². The first-order valence-corrected chi connectivity index (χ1v) is 7.35. The number of hydrogen-bond donors (Lipinski definition) is 1. The smallest absolute Gasteiger partial charge is 0.175 e. The number of aryl methyl sites for hydroxylation is 1. The van der Waals surface area contributed by atoms with Crippen molar-refractivity contribution in [1.82, 2.24) is 20.2 Å². The Morgan fingerprint density at radius 3 is 2.71 bits per heavy atom. The summed E-state index contributed by atoms with van der Waals surface area (Å²) < 4.78 is 2.78. The number of halogens is 1. The highest BCUT2D eigenvalue weighted by molar-refractivity contribution is 9.10. The fraction of sp³-hybridized carbons (Fsp3) is 0.133. The zero-order chi connectivity index (χ0) is 14.7. The van der Waals surface area contributed by atoms with Gasteiger partial charge in [-0.05, 0) is 53.2 Å². The Morgan fingerprint density at radius 2 is 1.95 bits per heavy atom. The van der Waals surface area contributed by atoms with Crippen molar-refractivity contribution in [2.24, 2.45) is 0 Å². The molecular formula is C15H14BrN5. The average Bonchev–Trinajstić information content (AvgIpc) is 2.93. The van der Waals surface area contributed by atoms with E-state index in [1.165, 1.54) is 5.56 Å². The van der Waals surface area contributed by atoms with Crippen LogP contribution in [0.5, 0.6) is 0 Å². The van der Waals surface area contributed by atoms with Crippen LogP contribution in [-0.4, -0.2) is 20.2 Å². The molecule has 0 atom stereocenters. The Bertz CT molecular complexity index is 719. The molecule has 0 aliphatic rings. The lowest BCUT2D eigenvalue weighted by Crippen LogP contribution is -2.08. The van der Waals surface area contributed by atoms with Crippen LogP contribution >= 0.6 is 15.9 Å². The molecule has 1 N–H and O–H groups in total. The van der Waals surface area contributed by atoms with Crippen molar-refractivity contribution in [2.45, 2.75) is 13.5 Å². The van der Waals surface area contributed by atoms with E-state index in [9.17, 15) is 0 Å². The maximum atomic E-state index is 4.08. The number of nitrogens with one attached hydrogen (secondary N) is 1. The maximum absolute atomic E-state index is 4.08. The van der Waals surface area contributed by atoms with Gasteiger partial charge < -0.3 is 5.32 Å². The van der Waals surface area contributed by atoms with E-state index in [0.29, 0.717) is 6.54 Å². The van der Waals surface area contributed by atoms with Crippen molar-refractivity contribution in [3.05, 3.63) is 64.4 Å². The molecule has 0 spiro atoms. The fourth-order valence-corrected chi connectivity index (χ4v) is 2.71. The topological polar surface area (TPSA) is 55.6 Å². The number of aromatic nitrogens is 4. The number of para-hydroxylation sites is 1. The van der Waals surface area contributed by atoms with E-state index in [2.05, 4.69) is 55.8 Å². The Morgan fingerprint density at radius 1 is 1.14 bits per heavy atom. The summed E-state index contributed by atoms with van der Waals surface area (Å²) in [5.41, 5.74) is 3.17. The molecule has 3 aromatic rings. The highest BCUT2D eigenvalue weighted by Gasteiger charge is 2.07. The van der Waals surface area contributed by atoms with Gasteiger partial charge in [-0.25, -0.2) is 0 Å². The van der Waals surface area contributed by atoms with E-state index >= 15 is 0 Å². The summed E-state index contributed by atoms with van der Waals surface area (Å²) in [5, 5.41) is 15.2. The van der Waals surface area contributed by atoms with Gasteiger partial charge in [0.15, 0.2) is 5.82 Å². The summed E-state index contributed by atoms with van der Waals surface area (Å²) in [7, 11) is 0. The zero-order valence-electron chi connectivity index (χ0n) is 11.5. The van der Waals surface area contributed by atoms with Gasteiger partial charge in [-0.15, -0.1) is 5.10 Å². The Balaban J connectivity index is 1.79. The average molecular weight is 344 g/mol. The molecule has 1 aromatic heterocycles. The highest BCUT2D eigenvalue weighted by atomic mass is 79.9. The Kier molecular flexibility index (Phi) is 3.96. The first-order valence-electron chi connectivity index (χ1n) is 6.56. The van der Waals surface area contributed by atoms with Crippen LogP contribution in [0.25, 0.3) is 5.69 Å². The molecule has 2 aromatic carbocycles. The van der Waals surface area contributed by atoms with Crippen molar-refractivity contribution in [2.75, 3.05) is 5.32 Å². The third-order valence-electron chi connectivity index (χ3n) is 3.03. The van der Waals surface area contributed by atoms with E-state index in [-0.39, 0.29) is 0 Å². The molecule has 0 saturated carbocycles. The Labute approximate surface area is 131 Å². The van der Waals surface area contributed by atoms with Crippen LogP contribution in [0.1, 0.15) is 11.4 Å². The minimum Gasteiger partial charge on any atom is -0.378 e. The minimum atomic E-state index is 0.553. The van der Waals surface area contributed by atoms with Crippen molar-refractivity contribution < 1.29 is 0 Å². The number of anilines is 1. The fourth-order valence-electron chi connectivity index (χ4n) is 2.11. The third kappa shape index (κ3) is 3.28. The van der Waals surface area contributed by atoms with Crippen molar-refractivity contribution >= 4 is 21.6 Å². The number of nitrogens with zero attached hydrogens (tertiary/aromatic N) is 4. The molecule has 0 aliphatic heterocycles. The molecule has 0 amide bonds. The van der Waals surface area contributed by atoms with Crippen LogP contribution in [0.2, 0.25) is 0 Å². The van der Waals surface area contributed by atoms with E-state index in [1.54, 1.807) is 4.68 Å². The molecule has 6 heteroatoms. The van der Waals surface area contributed by atoms with Gasteiger partial charge in [0, 0.05) is 10.2 Å².